The van der Waals surface area contributed by atoms with Crippen molar-refractivity contribution >= 4 is 12.0 Å². The molecule has 1 aliphatic heterocycles. The van der Waals surface area contributed by atoms with Crippen LogP contribution in [0.2, 0.25) is 0 Å². The summed E-state index contributed by atoms with van der Waals surface area (Å²) in [7, 11) is 0. The summed E-state index contributed by atoms with van der Waals surface area (Å²) in [5.74, 6) is 0.229. The summed E-state index contributed by atoms with van der Waals surface area (Å²) < 4.78 is 10.9. The molecule has 1 aromatic heterocycles. The predicted molar refractivity (Wildman–Crippen MR) is 72.9 cm³/mol. The van der Waals surface area contributed by atoms with E-state index in [2.05, 4.69) is 15.3 Å². The van der Waals surface area contributed by atoms with Gasteiger partial charge in [-0.3, -0.25) is 0 Å². The van der Waals surface area contributed by atoms with Crippen LogP contribution in [0.25, 0.3) is 0 Å². The Morgan fingerprint density at radius 3 is 2.95 bits per heavy atom. The zero-order valence-electron chi connectivity index (χ0n) is 11.7. The van der Waals surface area contributed by atoms with Crippen LogP contribution in [0.4, 0.5) is 10.7 Å². The van der Waals surface area contributed by atoms with Gasteiger partial charge in [0.15, 0.2) is 0 Å². The summed E-state index contributed by atoms with van der Waals surface area (Å²) in [4.78, 5) is 19.5. The largest absolute Gasteiger partial charge is 0.444 e. The third-order valence-corrected chi connectivity index (χ3v) is 3.27. The number of alkyl carbamates (subject to hydrolysis) is 1. The van der Waals surface area contributed by atoms with Gasteiger partial charge < -0.3 is 20.5 Å². The highest BCUT2D eigenvalue weighted by Gasteiger charge is 2.30. The first-order valence-corrected chi connectivity index (χ1v) is 6.74. The Balaban J connectivity index is 1.83. The molecule has 0 aliphatic carbocycles. The summed E-state index contributed by atoms with van der Waals surface area (Å²) >= 11 is 0. The van der Waals surface area contributed by atoms with E-state index in [1.807, 2.05) is 13.8 Å². The van der Waals surface area contributed by atoms with E-state index >= 15 is 0 Å². The second-order valence-corrected chi connectivity index (χ2v) is 4.91. The van der Waals surface area contributed by atoms with E-state index in [9.17, 15) is 4.79 Å². The van der Waals surface area contributed by atoms with Gasteiger partial charge in [0.05, 0.1) is 12.7 Å². The Morgan fingerprint density at radius 1 is 1.60 bits per heavy atom. The molecule has 1 saturated heterocycles. The molecule has 1 aromatic rings. The van der Waals surface area contributed by atoms with Gasteiger partial charge in [-0.15, -0.1) is 0 Å². The number of nitrogens with zero attached hydrogens (tertiary/aromatic N) is 2. The molecule has 1 aliphatic rings. The number of rotatable bonds is 4. The predicted octanol–water partition coefficient (Wildman–Crippen LogP) is 1.41. The van der Waals surface area contributed by atoms with Gasteiger partial charge in [-0.1, -0.05) is 6.92 Å². The highest BCUT2D eigenvalue weighted by atomic mass is 16.6. The normalized spacial score (nSPS) is 23.3. The van der Waals surface area contributed by atoms with Crippen LogP contribution in [-0.2, 0) is 9.47 Å². The van der Waals surface area contributed by atoms with E-state index < -0.39 is 6.09 Å². The molecule has 1 unspecified atom stereocenters. The lowest BCUT2D eigenvalue weighted by Gasteiger charge is -2.15. The average molecular weight is 280 g/mol. The smallest absolute Gasteiger partial charge is 0.407 e. The third-order valence-electron chi connectivity index (χ3n) is 3.27. The summed E-state index contributed by atoms with van der Waals surface area (Å²) in [5.41, 5.74) is 6.28. The van der Waals surface area contributed by atoms with Crippen molar-refractivity contribution in [2.45, 2.75) is 44.9 Å². The molecule has 3 atom stereocenters. The molecule has 3 N–H and O–H groups in total. The SMILES string of the molecule is CC[C@H](C)NC(=O)OC1CO[C@H](c2cnc(N)nc2)C1. The fourth-order valence-corrected chi connectivity index (χ4v) is 1.92. The molecule has 0 bridgehead atoms. The van der Waals surface area contributed by atoms with Crippen LogP contribution in [0, 0.1) is 0 Å². The van der Waals surface area contributed by atoms with Gasteiger partial charge in [-0.25, -0.2) is 14.8 Å². The molecule has 20 heavy (non-hydrogen) atoms. The molecule has 110 valence electrons. The van der Waals surface area contributed by atoms with E-state index in [0.717, 1.165) is 12.0 Å². The molecule has 2 heterocycles. The molecule has 0 saturated carbocycles. The monoisotopic (exact) mass is 280 g/mol. The van der Waals surface area contributed by atoms with Crippen molar-refractivity contribution in [3.63, 3.8) is 0 Å². The minimum absolute atomic E-state index is 0.103. The number of ether oxygens (including phenoxy) is 2. The number of nitrogen functional groups attached to an aromatic ring is 1. The van der Waals surface area contributed by atoms with E-state index in [4.69, 9.17) is 15.2 Å². The summed E-state index contributed by atoms with van der Waals surface area (Å²) in [6.45, 7) is 4.31. The first-order chi connectivity index (χ1) is 9.58. The maximum atomic E-state index is 11.6. The molecule has 0 radical (unpaired) electrons. The summed E-state index contributed by atoms with van der Waals surface area (Å²) in [6, 6.07) is 0.103. The van der Waals surface area contributed by atoms with Gasteiger partial charge in [0.1, 0.15) is 6.10 Å². The molecule has 7 heteroatoms. The highest BCUT2D eigenvalue weighted by Crippen LogP contribution is 2.29. The van der Waals surface area contributed by atoms with Crippen molar-refractivity contribution in [1.82, 2.24) is 15.3 Å². The van der Waals surface area contributed by atoms with Gasteiger partial charge in [0, 0.05) is 30.4 Å². The average Bonchev–Trinajstić information content (AvgIpc) is 2.87. The molecular formula is C13H20N4O3. The van der Waals surface area contributed by atoms with Crippen LogP contribution in [0.15, 0.2) is 12.4 Å². The Labute approximate surface area is 117 Å². The number of nitrogens with one attached hydrogen (secondary N) is 1. The zero-order valence-corrected chi connectivity index (χ0v) is 11.7. The minimum atomic E-state index is -0.401. The molecule has 7 nitrogen and oxygen atoms in total. The number of hydrogen-bond acceptors (Lipinski definition) is 6. The highest BCUT2D eigenvalue weighted by molar-refractivity contribution is 5.67. The zero-order chi connectivity index (χ0) is 14.5. The number of carbonyl (C=O) groups excluding carboxylic acids is 1. The quantitative estimate of drug-likeness (QED) is 0.865. The molecule has 2 rings (SSSR count). The molecule has 0 aromatic carbocycles. The Kier molecular flexibility index (Phi) is 4.73. The van der Waals surface area contributed by atoms with E-state index in [0.29, 0.717) is 13.0 Å². The van der Waals surface area contributed by atoms with E-state index in [-0.39, 0.29) is 24.2 Å². The molecule has 1 amide bonds. The second-order valence-electron chi connectivity index (χ2n) is 4.91. The Hall–Kier alpha value is -1.89. The molecule has 1 fully saturated rings. The number of amides is 1. The van der Waals surface area contributed by atoms with Crippen LogP contribution in [0.3, 0.4) is 0 Å². The van der Waals surface area contributed by atoms with E-state index in [1.165, 1.54) is 0 Å². The number of aromatic nitrogens is 2. The number of nitrogens with two attached hydrogens (primary N) is 1. The van der Waals surface area contributed by atoms with Crippen molar-refractivity contribution in [2.24, 2.45) is 0 Å². The van der Waals surface area contributed by atoms with Gasteiger partial charge in [-0.2, -0.15) is 0 Å². The lowest BCUT2D eigenvalue weighted by molar-refractivity contribution is 0.0686. The fraction of sp³-hybridized carbons (Fsp3) is 0.615. The van der Waals surface area contributed by atoms with Crippen LogP contribution >= 0.6 is 0 Å². The van der Waals surface area contributed by atoms with Crippen molar-refractivity contribution in [3.05, 3.63) is 18.0 Å². The van der Waals surface area contributed by atoms with Crippen molar-refractivity contribution in [3.8, 4) is 0 Å². The number of anilines is 1. The first-order valence-electron chi connectivity index (χ1n) is 6.74. The van der Waals surface area contributed by atoms with Gasteiger partial charge >= 0.3 is 6.09 Å². The van der Waals surface area contributed by atoms with Crippen molar-refractivity contribution in [2.75, 3.05) is 12.3 Å². The topological polar surface area (TPSA) is 99.4 Å². The van der Waals surface area contributed by atoms with Crippen LogP contribution in [-0.4, -0.2) is 34.8 Å². The standard InChI is InChI=1S/C13H20N4O3/c1-3-8(2)17-13(18)20-10-4-11(19-7-10)9-5-15-12(14)16-6-9/h5-6,8,10-11H,3-4,7H2,1-2H3,(H,17,18)(H2,14,15,16)/t8-,10?,11-/m0/s1. The fourth-order valence-electron chi connectivity index (χ4n) is 1.92. The van der Waals surface area contributed by atoms with Crippen LogP contribution < -0.4 is 11.1 Å². The summed E-state index contributed by atoms with van der Waals surface area (Å²) in [5, 5.41) is 2.76. The maximum Gasteiger partial charge on any atom is 0.407 e. The van der Waals surface area contributed by atoms with Crippen molar-refractivity contribution in [1.29, 1.82) is 0 Å². The first kappa shape index (κ1) is 14.5. The van der Waals surface area contributed by atoms with Gasteiger partial charge in [-0.05, 0) is 13.3 Å². The number of hydrogen-bond donors (Lipinski definition) is 2. The number of carbonyl (C=O) groups is 1. The minimum Gasteiger partial charge on any atom is -0.444 e. The second kappa shape index (κ2) is 6.51. The van der Waals surface area contributed by atoms with Crippen LogP contribution in [0.1, 0.15) is 38.4 Å². The molecular weight excluding hydrogens is 260 g/mol. The van der Waals surface area contributed by atoms with Gasteiger partial charge in [0.2, 0.25) is 5.95 Å². The Bertz CT molecular complexity index is 451. The molecule has 0 spiro atoms. The van der Waals surface area contributed by atoms with E-state index in [1.54, 1.807) is 12.4 Å². The van der Waals surface area contributed by atoms with Crippen molar-refractivity contribution < 1.29 is 14.3 Å². The summed E-state index contributed by atoms with van der Waals surface area (Å²) in [6.07, 6.45) is 3.92. The Morgan fingerprint density at radius 2 is 2.30 bits per heavy atom. The lowest BCUT2D eigenvalue weighted by Crippen LogP contribution is -2.35. The lowest BCUT2D eigenvalue weighted by atomic mass is 10.1. The van der Waals surface area contributed by atoms with Gasteiger partial charge in [0.25, 0.3) is 0 Å². The third kappa shape index (κ3) is 3.80. The maximum absolute atomic E-state index is 11.6. The van der Waals surface area contributed by atoms with Crippen LogP contribution in [0.5, 0.6) is 0 Å².